The molecule has 2 bridgehead atoms. The average molecular weight is 260 g/mol. The van der Waals surface area contributed by atoms with Gasteiger partial charge in [-0.2, -0.15) is 0 Å². The molecule has 1 saturated carbocycles. The molecule has 1 fully saturated rings. The summed E-state index contributed by atoms with van der Waals surface area (Å²) in [5, 5.41) is 9.05. The van der Waals surface area contributed by atoms with E-state index < -0.39 is 12.8 Å². The van der Waals surface area contributed by atoms with Gasteiger partial charge in [-0.05, 0) is 38.5 Å². The predicted octanol–water partition coefficient (Wildman–Crippen LogP) is 2.58. The van der Waals surface area contributed by atoms with Gasteiger partial charge in [0.1, 0.15) is 5.16 Å². The Morgan fingerprint density at radius 1 is 1.35 bits per heavy atom. The standard InChI is InChI=1S/C12H21O4P/c1-3-15-17(14,16-4-2)12(9-13)8-10-5-6-11(12)7-10/h5-6,10-11,13H,3-4,7-9H2,1-2H3. The summed E-state index contributed by atoms with van der Waals surface area (Å²) in [4.78, 5) is 0. The number of aliphatic hydroxyl groups excluding tert-OH is 1. The lowest BCUT2D eigenvalue weighted by Crippen LogP contribution is -2.39. The fourth-order valence-corrected chi connectivity index (χ4v) is 5.64. The summed E-state index contributed by atoms with van der Waals surface area (Å²) in [6, 6.07) is 0. The van der Waals surface area contributed by atoms with Crippen molar-refractivity contribution in [1.29, 1.82) is 0 Å². The van der Waals surface area contributed by atoms with Gasteiger partial charge in [0.05, 0.1) is 19.8 Å². The second-order valence-corrected chi connectivity index (χ2v) is 7.19. The zero-order chi connectivity index (χ0) is 12.5. The summed E-state index contributed by atoms with van der Waals surface area (Å²) in [5.41, 5.74) is 0. The maximum Gasteiger partial charge on any atom is 0.339 e. The molecule has 3 unspecified atom stereocenters. The van der Waals surface area contributed by atoms with E-state index in [-0.39, 0.29) is 12.5 Å². The number of fused-ring (bicyclic) bond motifs is 2. The highest BCUT2D eigenvalue weighted by Crippen LogP contribution is 2.70. The van der Waals surface area contributed by atoms with Gasteiger partial charge in [0.15, 0.2) is 0 Å². The van der Waals surface area contributed by atoms with Gasteiger partial charge in [-0.1, -0.05) is 12.2 Å². The quantitative estimate of drug-likeness (QED) is 0.589. The predicted molar refractivity (Wildman–Crippen MR) is 66.0 cm³/mol. The Labute approximate surface area is 103 Å². The molecule has 0 aromatic rings. The first-order valence-electron chi connectivity index (χ1n) is 6.30. The van der Waals surface area contributed by atoms with E-state index in [9.17, 15) is 9.67 Å². The van der Waals surface area contributed by atoms with E-state index in [1.807, 2.05) is 0 Å². The molecule has 0 heterocycles. The number of aliphatic hydroxyl groups is 1. The summed E-state index contributed by atoms with van der Waals surface area (Å²) in [5.74, 6) is 0.544. The normalized spacial score (nSPS) is 35.7. The van der Waals surface area contributed by atoms with Crippen LogP contribution in [0.25, 0.3) is 0 Å². The summed E-state index contributed by atoms with van der Waals surface area (Å²) < 4.78 is 23.8. The molecule has 0 spiro atoms. The van der Waals surface area contributed by atoms with Crippen molar-refractivity contribution in [3.8, 4) is 0 Å². The van der Waals surface area contributed by atoms with Crippen LogP contribution in [-0.4, -0.2) is 30.1 Å². The van der Waals surface area contributed by atoms with Crippen LogP contribution in [0.4, 0.5) is 0 Å². The molecular formula is C12H21O4P. The summed E-state index contributed by atoms with van der Waals surface area (Å²) in [6.07, 6.45) is 5.89. The number of hydrogen-bond donors (Lipinski definition) is 1. The van der Waals surface area contributed by atoms with Crippen LogP contribution in [0.15, 0.2) is 12.2 Å². The second kappa shape index (κ2) is 4.85. The molecule has 98 valence electrons. The molecule has 4 nitrogen and oxygen atoms in total. The third-order valence-corrected chi connectivity index (χ3v) is 6.84. The van der Waals surface area contributed by atoms with Crippen LogP contribution in [0.1, 0.15) is 26.7 Å². The average Bonchev–Trinajstić information content (AvgIpc) is 2.89. The Balaban J connectivity index is 2.33. The van der Waals surface area contributed by atoms with E-state index in [0.717, 1.165) is 6.42 Å². The first kappa shape index (κ1) is 13.3. The number of hydrogen-bond acceptors (Lipinski definition) is 4. The molecule has 5 heteroatoms. The van der Waals surface area contributed by atoms with Gasteiger partial charge in [0, 0.05) is 0 Å². The number of allylic oxidation sites excluding steroid dienone is 2. The smallest absolute Gasteiger partial charge is 0.339 e. The summed E-state index contributed by atoms with van der Waals surface area (Å²) >= 11 is 0. The van der Waals surface area contributed by atoms with Crippen molar-refractivity contribution in [1.82, 2.24) is 0 Å². The van der Waals surface area contributed by atoms with E-state index >= 15 is 0 Å². The molecule has 0 aromatic carbocycles. The van der Waals surface area contributed by atoms with E-state index in [1.54, 1.807) is 13.8 Å². The molecule has 2 rings (SSSR count). The van der Waals surface area contributed by atoms with Crippen LogP contribution in [0, 0.1) is 11.8 Å². The maximum absolute atomic E-state index is 12.9. The zero-order valence-corrected chi connectivity index (χ0v) is 11.4. The molecule has 0 aliphatic heterocycles. The second-order valence-electron chi connectivity index (χ2n) is 4.79. The third-order valence-electron chi connectivity index (χ3n) is 3.90. The molecule has 0 amide bonds. The van der Waals surface area contributed by atoms with Crippen LogP contribution in [0.2, 0.25) is 0 Å². The van der Waals surface area contributed by atoms with Gasteiger partial charge in [-0.15, -0.1) is 0 Å². The lowest BCUT2D eigenvalue weighted by atomic mass is 9.93. The van der Waals surface area contributed by atoms with E-state index in [1.165, 1.54) is 0 Å². The maximum atomic E-state index is 12.9. The topological polar surface area (TPSA) is 55.8 Å². The fraction of sp³-hybridized carbons (Fsp3) is 0.833. The van der Waals surface area contributed by atoms with Crippen LogP contribution in [0.3, 0.4) is 0 Å². The zero-order valence-electron chi connectivity index (χ0n) is 10.5. The van der Waals surface area contributed by atoms with Gasteiger partial charge in [0.2, 0.25) is 0 Å². The van der Waals surface area contributed by atoms with Gasteiger partial charge >= 0.3 is 7.60 Å². The van der Waals surface area contributed by atoms with E-state index in [2.05, 4.69) is 12.2 Å². The van der Waals surface area contributed by atoms with Crippen molar-refractivity contribution in [3.05, 3.63) is 12.2 Å². The van der Waals surface area contributed by atoms with Gasteiger partial charge in [0.25, 0.3) is 0 Å². The van der Waals surface area contributed by atoms with Crippen molar-refractivity contribution in [2.75, 3.05) is 19.8 Å². The molecule has 0 saturated heterocycles. The first-order chi connectivity index (χ1) is 8.12. The molecule has 2 aliphatic carbocycles. The molecule has 0 aromatic heterocycles. The van der Waals surface area contributed by atoms with Crippen molar-refractivity contribution in [2.45, 2.75) is 31.8 Å². The van der Waals surface area contributed by atoms with Gasteiger partial charge in [-0.25, -0.2) is 0 Å². The van der Waals surface area contributed by atoms with E-state index in [0.29, 0.717) is 25.6 Å². The fourth-order valence-electron chi connectivity index (χ4n) is 3.15. The molecule has 1 N–H and O–H groups in total. The highest BCUT2D eigenvalue weighted by Gasteiger charge is 2.60. The lowest BCUT2D eigenvalue weighted by Gasteiger charge is -2.38. The Morgan fingerprint density at radius 2 is 2.00 bits per heavy atom. The Kier molecular flexibility index (Phi) is 3.79. The van der Waals surface area contributed by atoms with Crippen LogP contribution < -0.4 is 0 Å². The van der Waals surface area contributed by atoms with Crippen LogP contribution >= 0.6 is 7.60 Å². The minimum absolute atomic E-state index is 0.126. The molecular weight excluding hydrogens is 239 g/mol. The Bertz CT molecular complexity index is 344. The van der Waals surface area contributed by atoms with Crippen molar-refractivity contribution in [2.24, 2.45) is 11.8 Å². The Morgan fingerprint density at radius 3 is 2.35 bits per heavy atom. The third kappa shape index (κ3) is 1.91. The summed E-state index contributed by atoms with van der Waals surface area (Å²) in [6.45, 7) is 4.18. The minimum atomic E-state index is -3.24. The highest BCUT2D eigenvalue weighted by atomic mass is 31.2. The minimum Gasteiger partial charge on any atom is -0.395 e. The van der Waals surface area contributed by atoms with Crippen molar-refractivity contribution in [3.63, 3.8) is 0 Å². The molecule has 2 aliphatic rings. The van der Waals surface area contributed by atoms with Crippen LogP contribution in [0.5, 0.6) is 0 Å². The number of rotatable bonds is 6. The van der Waals surface area contributed by atoms with Gasteiger partial charge < -0.3 is 14.2 Å². The lowest BCUT2D eigenvalue weighted by molar-refractivity contribution is 0.148. The van der Waals surface area contributed by atoms with Crippen molar-refractivity contribution >= 4 is 7.60 Å². The monoisotopic (exact) mass is 260 g/mol. The molecule has 0 radical (unpaired) electrons. The first-order valence-corrected chi connectivity index (χ1v) is 7.84. The highest BCUT2D eigenvalue weighted by molar-refractivity contribution is 7.55. The molecule has 17 heavy (non-hydrogen) atoms. The van der Waals surface area contributed by atoms with Gasteiger partial charge in [-0.3, -0.25) is 4.57 Å². The molecule has 3 atom stereocenters. The Hall–Kier alpha value is -0.150. The largest absolute Gasteiger partial charge is 0.395 e. The van der Waals surface area contributed by atoms with Crippen LogP contribution in [-0.2, 0) is 13.6 Å². The van der Waals surface area contributed by atoms with E-state index in [4.69, 9.17) is 9.05 Å². The summed E-state index contributed by atoms with van der Waals surface area (Å²) in [7, 11) is -3.24. The van der Waals surface area contributed by atoms with Crippen molar-refractivity contribution < 1.29 is 18.7 Å². The SMILES string of the molecule is CCOP(=O)(OCC)C1(CO)CC2C=CC1C2.